The molecule has 1 saturated heterocycles. The van der Waals surface area contributed by atoms with E-state index in [0.29, 0.717) is 5.91 Å². The third-order valence-electron chi connectivity index (χ3n) is 4.22. The Morgan fingerprint density at radius 3 is 2.56 bits per heavy atom. The van der Waals surface area contributed by atoms with E-state index in [4.69, 9.17) is 5.73 Å². The molecule has 3 nitrogen and oxygen atoms in total. The van der Waals surface area contributed by atoms with Crippen LogP contribution in [0.2, 0.25) is 0 Å². The third-order valence-corrected chi connectivity index (χ3v) is 4.22. The van der Waals surface area contributed by atoms with E-state index < -0.39 is 0 Å². The predicted octanol–water partition coefficient (Wildman–Crippen LogP) is 1.91. The maximum absolute atomic E-state index is 12.5. The van der Waals surface area contributed by atoms with Gasteiger partial charge in [-0.2, -0.15) is 0 Å². The van der Waals surface area contributed by atoms with E-state index in [9.17, 15) is 4.79 Å². The molecule has 16 heavy (non-hydrogen) atoms. The molecular formula is C13H24N2O. The number of amides is 1. The maximum Gasteiger partial charge on any atom is 0.228 e. The fourth-order valence-corrected chi connectivity index (χ4v) is 3.12. The van der Waals surface area contributed by atoms with Crippen molar-refractivity contribution in [1.29, 1.82) is 0 Å². The quantitative estimate of drug-likeness (QED) is 0.739. The van der Waals surface area contributed by atoms with Crippen molar-refractivity contribution < 1.29 is 4.79 Å². The monoisotopic (exact) mass is 224 g/mol. The highest BCUT2D eigenvalue weighted by Crippen LogP contribution is 2.37. The van der Waals surface area contributed by atoms with Gasteiger partial charge in [0.05, 0.1) is 0 Å². The van der Waals surface area contributed by atoms with Crippen LogP contribution in [0.1, 0.15) is 51.9 Å². The average Bonchev–Trinajstić information content (AvgIpc) is 2.29. The Hall–Kier alpha value is -0.570. The van der Waals surface area contributed by atoms with Crippen LogP contribution in [0.4, 0.5) is 0 Å². The molecule has 1 amide bonds. The van der Waals surface area contributed by atoms with E-state index in [1.807, 2.05) is 4.90 Å². The molecule has 0 bridgehead atoms. The van der Waals surface area contributed by atoms with Crippen molar-refractivity contribution in [3.63, 3.8) is 0 Å². The first-order valence-electron chi connectivity index (χ1n) is 6.67. The maximum atomic E-state index is 12.5. The molecule has 1 unspecified atom stereocenters. The molecule has 92 valence electrons. The number of rotatable bonds is 1. The second-order valence-corrected chi connectivity index (χ2v) is 5.77. The Morgan fingerprint density at radius 2 is 1.94 bits per heavy atom. The summed E-state index contributed by atoms with van der Waals surface area (Å²) in [5.74, 6) is 0.363. The number of carbonyl (C=O) groups excluding carboxylic acids is 1. The Kier molecular flexibility index (Phi) is 3.53. The van der Waals surface area contributed by atoms with Crippen LogP contribution < -0.4 is 5.73 Å². The third kappa shape index (κ3) is 2.40. The van der Waals surface area contributed by atoms with Crippen molar-refractivity contribution in [2.75, 3.05) is 13.1 Å². The molecule has 1 aliphatic carbocycles. The summed E-state index contributed by atoms with van der Waals surface area (Å²) in [6.45, 7) is 3.84. The van der Waals surface area contributed by atoms with Gasteiger partial charge in [0.1, 0.15) is 0 Å². The van der Waals surface area contributed by atoms with Gasteiger partial charge in [-0.3, -0.25) is 4.79 Å². The molecule has 2 N–H and O–H groups in total. The number of nitrogens with two attached hydrogens (primary N) is 1. The molecule has 0 spiro atoms. The van der Waals surface area contributed by atoms with E-state index in [2.05, 4.69) is 6.92 Å². The summed E-state index contributed by atoms with van der Waals surface area (Å²) < 4.78 is 0. The summed E-state index contributed by atoms with van der Waals surface area (Å²) in [5.41, 5.74) is 5.85. The highest BCUT2D eigenvalue weighted by atomic mass is 16.2. The van der Waals surface area contributed by atoms with Gasteiger partial charge in [0.15, 0.2) is 0 Å². The van der Waals surface area contributed by atoms with Crippen molar-refractivity contribution in [3.8, 4) is 0 Å². The first kappa shape index (κ1) is 11.9. The molecule has 1 atom stereocenters. The topological polar surface area (TPSA) is 46.3 Å². The molecule has 2 fully saturated rings. The summed E-state index contributed by atoms with van der Waals surface area (Å²) in [6, 6.07) is 0.199. The number of carbonyl (C=O) groups is 1. The lowest BCUT2D eigenvalue weighted by Gasteiger charge is -2.40. The van der Waals surface area contributed by atoms with E-state index in [1.165, 1.54) is 19.3 Å². The lowest BCUT2D eigenvalue weighted by Crippen LogP contribution is -2.51. The van der Waals surface area contributed by atoms with Crippen LogP contribution in [0.15, 0.2) is 0 Å². The second-order valence-electron chi connectivity index (χ2n) is 5.77. The molecule has 3 heteroatoms. The predicted molar refractivity (Wildman–Crippen MR) is 65.0 cm³/mol. The molecule has 2 aliphatic rings. The Morgan fingerprint density at radius 1 is 1.25 bits per heavy atom. The van der Waals surface area contributed by atoms with E-state index in [-0.39, 0.29) is 11.5 Å². The molecular weight excluding hydrogens is 200 g/mol. The SMILES string of the molecule is CC1(C(=O)N2CCCC(N)C2)CCCCC1. The summed E-state index contributed by atoms with van der Waals surface area (Å²) in [4.78, 5) is 14.5. The second kappa shape index (κ2) is 4.74. The molecule has 1 heterocycles. The molecule has 1 aliphatic heterocycles. The molecule has 1 saturated carbocycles. The number of nitrogens with zero attached hydrogens (tertiary/aromatic N) is 1. The minimum Gasteiger partial charge on any atom is -0.341 e. The molecule has 2 rings (SSSR count). The lowest BCUT2D eigenvalue weighted by molar-refractivity contribution is -0.144. The summed E-state index contributed by atoms with van der Waals surface area (Å²) in [5, 5.41) is 0. The van der Waals surface area contributed by atoms with Crippen LogP contribution in [0.5, 0.6) is 0 Å². The summed E-state index contributed by atoms with van der Waals surface area (Å²) >= 11 is 0. The minimum atomic E-state index is -0.0880. The van der Waals surface area contributed by atoms with E-state index in [0.717, 1.165) is 38.8 Å². The smallest absolute Gasteiger partial charge is 0.228 e. The highest BCUT2D eigenvalue weighted by Gasteiger charge is 2.38. The lowest BCUT2D eigenvalue weighted by atomic mass is 9.74. The average molecular weight is 224 g/mol. The number of hydrogen-bond donors (Lipinski definition) is 1. The van der Waals surface area contributed by atoms with Gasteiger partial charge in [0.25, 0.3) is 0 Å². The Labute approximate surface area is 98.4 Å². The van der Waals surface area contributed by atoms with E-state index in [1.54, 1.807) is 0 Å². The van der Waals surface area contributed by atoms with Crippen LogP contribution in [0, 0.1) is 5.41 Å². The highest BCUT2D eigenvalue weighted by molar-refractivity contribution is 5.82. The number of likely N-dealkylation sites (tertiary alicyclic amines) is 1. The largest absolute Gasteiger partial charge is 0.341 e. The van der Waals surface area contributed by atoms with Crippen LogP contribution in [-0.4, -0.2) is 29.9 Å². The van der Waals surface area contributed by atoms with Crippen molar-refractivity contribution >= 4 is 5.91 Å². The van der Waals surface area contributed by atoms with Crippen LogP contribution in [0.25, 0.3) is 0 Å². The van der Waals surface area contributed by atoms with Crippen molar-refractivity contribution in [2.24, 2.45) is 11.1 Å². The van der Waals surface area contributed by atoms with Crippen LogP contribution >= 0.6 is 0 Å². The fourth-order valence-electron chi connectivity index (χ4n) is 3.12. The first-order valence-corrected chi connectivity index (χ1v) is 6.67. The van der Waals surface area contributed by atoms with Crippen molar-refractivity contribution in [3.05, 3.63) is 0 Å². The Balaban J connectivity index is 1.99. The van der Waals surface area contributed by atoms with Gasteiger partial charge in [0.2, 0.25) is 5.91 Å². The number of piperidine rings is 1. The Bertz CT molecular complexity index is 259. The zero-order valence-electron chi connectivity index (χ0n) is 10.4. The van der Waals surface area contributed by atoms with Gasteiger partial charge < -0.3 is 10.6 Å². The van der Waals surface area contributed by atoms with Gasteiger partial charge in [-0.25, -0.2) is 0 Å². The van der Waals surface area contributed by atoms with Gasteiger partial charge in [-0.15, -0.1) is 0 Å². The molecule has 0 aromatic rings. The van der Waals surface area contributed by atoms with Gasteiger partial charge in [0, 0.05) is 24.5 Å². The standard InChI is InChI=1S/C13H24N2O/c1-13(7-3-2-4-8-13)12(16)15-9-5-6-11(14)10-15/h11H,2-10,14H2,1H3. The molecule has 0 radical (unpaired) electrons. The molecule has 0 aromatic carbocycles. The van der Waals surface area contributed by atoms with Crippen LogP contribution in [-0.2, 0) is 4.79 Å². The minimum absolute atomic E-state index is 0.0880. The fraction of sp³-hybridized carbons (Fsp3) is 0.923. The zero-order valence-corrected chi connectivity index (χ0v) is 10.4. The van der Waals surface area contributed by atoms with Gasteiger partial charge in [-0.05, 0) is 25.7 Å². The summed E-state index contributed by atoms with van der Waals surface area (Å²) in [7, 11) is 0. The molecule has 0 aromatic heterocycles. The zero-order chi connectivity index (χ0) is 11.6. The van der Waals surface area contributed by atoms with Crippen molar-refractivity contribution in [1.82, 2.24) is 4.90 Å². The summed E-state index contributed by atoms with van der Waals surface area (Å²) in [6.07, 6.45) is 7.99. The van der Waals surface area contributed by atoms with Crippen LogP contribution in [0.3, 0.4) is 0 Å². The normalized spacial score (nSPS) is 30.1. The van der Waals surface area contributed by atoms with Gasteiger partial charge in [-0.1, -0.05) is 26.2 Å². The van der Waals surface area contributed by atoms with Gasteiger partial charge >= 0.3 is 0 Å². The van der Waals surface area contributed by atoms with E-state index >= 15 is 0 Å². The number of hydrogen-bond acceptors (Lipinski definition) is 2. The van der Waals surface area contributed by atoms with Crippen molar-refractivity contribution in [2.45, 2.75) is 57.9 Å². The first-order chi connectivity index (χ1) is 7.62.